The third-order valence-corrected chi connectivity index (χ3v) is 3.41. The Hall–Kier alpha value is -0.626. The quantitative estimate of drug-likeness (QED) is 0.580. The summed E-state index contributed by atoms with van der Waals surface area (Å²) in [4.78, 5) is 28.6. The van der Waals surface area contributed by atoms with Crippen LogP contribution in [0.25, 0.3) is 0 Å². The summed E-state index contributed by atoms with van der Waals surface area (Å²) < 4.78 is 0. The van der Waals surface area contributed by atoms with Gasteiger partial charge in [0, 0.05) is 0 Å². The van der Waals surface area contributed by atoms with E-state index in [1.54, 1.807) is 0 Å². The van der Waals surface area contributed by atoms with Gasteiger partial charge >= 0.3 is 0 Å². The van der Waals surface area contributed by atoms with Crippen molar-refractivity contribution in [3.05, 3.63) is 0 Å². The van der Waals surface area contributed by atoms with Gasteiger partial charge in [0.1, 0.15) is 22.9 Å². The molecule has 0 radical (unpaired) electrons. The third-order valence-electron chi connectivity index (χ3n) is 1.35. The van der Waals surface area contributed by atoms with Crippen LogP contribution in [0.15, 0.2) is 0 Å². The standard InChI is InChI=1S/C9H22N2O2Si2/c1-14(2,3)10-8(12)7-9(13)11-15(4,5)6/h7H2,1-6H3,(H,10,12)(H,11,13). The fraction of sp³-hybridized carbons (Fsp3) is 0.778. The van der Waals surface area contributed by atoms with Crippen molar-refractivity contribution in [1.82, 2.24) is 9.96 Å². The zero-order valence-corrected chi connectivity index (χ0v) is 12.5. The lowest BCUT2D eigenvalue weighted by atomic mass is 10.4. The number of rotatable bonds is 4. The van der Waals surface area contributed by atoms with Crippen molar-refractivity contribution in [3.8, 4) is 0 Å². The summed E-state index contributed by atoms with van der Waals surface area (Å²) in [7, 11) is -3.23. The molecule has 0 aromatic rings. The van der Waals surface area contributed by atoms with Crippen LogP contribution in [-0.4, -0.2) is 28.3 Å². The van der Waals surface area contributed by atoms with Crippen LogP contribution in [0.2, 0.25) is 39.3 Å². The van der Waals surface area contributed by atoms with Gasteiger partial charge in [-0.3, -0.25) is 9.59 Å². The second-order valence-electron chi connectivity index (χ2n) is 5.77. The molecule has 6 heteroatoms. The van der Waals surface area contributed by atoms with E-state index in [9.17, 15) is 9.59 Å². The zero-order valence-electron chi connectivity index (χ0n) is 10.5. The third kappa shape index (κ3) is 9.67. The minimum atomic E-state index is -1.61. The molecule has 0 bridgehead atoms. The molecule has 0 aliphatic carbocycles. The largest absolute Gasteiger partial charge is 0.382 e. The van der Waals surface area contributed by atoms with Gasteiger partial charge in [0.2, 0.25) is 11.8 Å². The van der Waals surface area contributed by atoms with E-state index < -0.39 is 16.5 Å². The summed E-state index contributed by atoms with van der Waals surface area (Å²) in [5.41, 5.74) is 0. The van der Waals surface area contributed by atoms with Gasteiger partial charge in [-0.05, 0) is 0 Å². The molecule has 4 nitrogen and oxygen atoms in total. The van der Waals surface area contributed by atoms with Crippen LogP contribution in [0.5, 0.6) is 0 Å². The Bertz CT molecular complexity index is 228. The first-order valence-corrected chi connectivity index (χ1v) is 12.1. The molecule has 0 aromatic heterocycles. The predicted molar refractivity (Wildman–Crippen MR) is 67.6 cm³/mol. The Morgan fingerprint density at radius 3 is 1.27 bits per heavy atom. The van der Waals surface area contributed by atoms with E-state index in [-0.39, 0.29) is 18.2 Å². The second kappa shape index (κ2) is 4.93. The molecule has 0 fully saturated rings. The van der Waals surface area contributed by atoms with Crippen molar-refractivity contribution >= 4 is 28.3 Å². The molecule has 0 aliphatic heterocycles. The fourth-order valence-corrected chi connectivity index (χ4v) is 2.92. The van der Waals surface area contributed by atoms with Gasteiger partial charge in [0.05, 0.1) is 0 Å². The lowest BCUT2D eigenvalue weighted by Crippen LogP contribution is -2.50. The molecule has 0 saturated carbocycles. The summed E-state index contributed by atoms with van der Waals surface area (Å²) in [6.07, 6.45) is -0.0471. The number of carbonyl (C=O) groups excluding carboxylic acids is 2. The Labute approximate surface area is 94.0 Å². The molecule has 2 N–H and O–H groups in total. The van der Waals surface area contributed by atoms with Gasteiger partial charge in [0.15, 0.2) is 0 Å². The molecule has 0 rings (SSSR count). The molecule has 0 atom stereocenters. The summed E-state index contributed by atoms with van der Waals surface area (Å²) in [5.74, 6) is -0.324. The van der Waals surface area contributed by atoms with Crippen LogP contribution in [0.4, 0.5) is 0 Å². The summed E-state index contributed by atoms with van der Waals surface area (Å²) in [5, 5.41) is 0. The number of carbonyl (C=O) groups is 2. The maximum atomic E-state index is 11.4. The molecule has 15 heavy (non-hydrogen) atoms. The van der Waals surface area contributed by atoms with E-state index in [1.807, 2.05) is 39.3 Å². The maximum Gasteiger partial charge on any atom is 0.221 e. The zero-order chi connectivity index (χ0) is 12.3. The van der Waals surface area contributed by atoms with Crippen LogP contribution >= 0.6 is 0 Å². The van der Waals surface area contributed by atoms with E-state index in [1.165, 1.54) is 0 Å². The summed E-state index contributed by atoms with van der Waals surface area (Å²) >= 11 is 0. The highest BCUT2D eigenvalue weighted by Gasteiger charge is 2.21. The van der Waals surface area contributed by atoms with Crippen molar-refractivity contribution in [2.45, 2.75) is 45.7 Å². The van der Waals surface area contributed by atoms with Crippen molar-refractivity contribution < 1.29 is 9.59 Å². The van der Waals surface area contributed by atoms with Gasteiger partial charge in [-0.25, -0.2) is 0 Å². The molecule has 2 amide bonds. The molecule has 0 aliphatic rings. The molecular formula is C9H22N2O2Si2. The van der Waals surface area contributed by atoms with Crippen LogP contribution in [0, 0.1) is 0 Å². The normalized spacial score (nSPS) is 12.1. The van der Waals surface area contributed by atoms with Crippen molar-refractivity contribution in [3.63, 3.8) is 0 Å². The van der Waals surface area contributed by atoms with Crippen LogP contribution in [-0.2, 0) is 9.59 Å². The minimum Gasteiger partial charge on any atom is -0.382 e. The first-order valence-electron chi connectivity index (χ1n) is 5.12. The number of amides is 2. The topological polar surface area (TPSA) is 58.2 Å². The Morgan fingerprint density at radius 2 is 1.07 bits per heavy atom. The van der Waals surface area contributed by atoms with Gasteiger partial charge < -0.3 is 9.96 Å². The molecule has 0 saturated heterocycles. The van der Waals surface area contributed by atoms with E-state index in [0.29, 0.717) is 0 Å². The Morgan fingerprint density at radius 1 is 0.800 bits per heavy atom. The van der Waals surface area contributed by atoms with Gasteiger partial charge in [0.25, 0.3) is 0 Å². The minimum absolute atomic E-state index is 0.0471. The van der Waals surface area contributed by atoms with Crippen LogP contribution in [0.3, 0.4) is 0 Å². The van der Waals surface area contributed by atoms with Gasteiger partial charge in [-0.15, -0.1) is 0 Å². The highest BCUT2D eigenvalue weighted by molar-refractivity contribution is 6.76. The average molecular weight is 246 g/mol. The van der Waals surface area contributed by atoms with Crippen molar-refractivity contribution in [2.75, 3.05) is 0 Å². The summed E-state index contributed by atoms with van der Waals surface area (Å²) in [6, 6.07) is 0. The predicted octanol–water partition coefficient (Wildman–Crippen LogP) is 1.28. The smallest absolute Gasteiger partial charge is 0.221 e. The van der Waals surface area contributed by atoms with Gasteiger partial charge in [-0.1, -0.05) is 39.3 Å². The maximum absolute atomic E-state index is 11.4. The van der Waals surface area contributed by atoms with Crippen LogP contribution < -0.4 is 9.96 Å². The lowest BCUT2D eigenvalue weighted by molar-refractivity contribution is -0.127. The Kier molecular flexibility index (Phi) is 4.73. The molecule has 88 valence electrons. The van der Waals surface area contributed by atoms with E-state index in [0.717, 1.165) is 0 Å². The Balaban J connectivity index is 4.04. The molecule has 0 heterocycles. The molecule has 0 unspecified atom stereocenters. The molecule has 0 aromatic carbocycles. The molecule has 0 spiro atoms. The SMILES string of the molecule is C[Si](C)(C)NC(=O)CC(=O)N[Si](C)(C)C. The first kappa shape index (κ1) is 14.4. The number of hydrogen-bond acceptors (Lipinski definition) is 2. The number of hydrogen-bond donors (Lipinski definition) is 2. The highest BCUT2D eigenvalue weighted by atomic mass is 28.3. The number of nitrogens with one attached hydrogen (secondary N) is 2. The summed E-state index contributed by atoms with van der Waals surface area (Å²) in [6.45, 7) is 12.2. The second-order valence-corrected chi connectivity index (χ2v) is 15.3. The highest BCUT2D eigenvalue weighted by Crippen LogP contribution is 1.98. The van der Waals surface area contributed by atoms with Crippen molar-refractivity contribution in [2.24, 2.45) is 0 Å². The van der Waals surface area contributed by atoms with E-state index in [2.05, 4.69) is 9.96 Å². The fourth-order valence-electron chi connectivity index (χ4n) is 1.07. The van der Waals surface area contributed by atoms with Crippen LogP contribution in [0.1, 0.15) is 6.42 Å². The first-order chi connectivity index (χ1) is 6.49. The van der Waals surface area contributed by atoms with E-state index >= 15 is 0 Å². The van der Waals surface area contributed by atoms with Crippen molar-refractivity contribution in [1.29, 1.82) is 0 Å². The van der Waals surface area contributed by atoms with Gasteiger partial charge in [-0.2, -0.15) is 0 Å². The molecular weight excluding hydrogens is 224 g/mol. The average Bonchev–Trinajstić information content (AvgIpc) is 1.73. The van der Waals surface area contributed by atoms with E-state index in [4.69, 9.17) is 0 Å². The monoisotopic (exact) mass is 246 g/mol. The lowest BCUT2D eigenvalue weighted by Gasteiger charge is -2.20.